The maximum absolute atomic E-state index is 14.9. The Labute approximate surface area is 338 Å². The van der Waals surface area contributed by atoms with Gasteiger partial charge in [-0.1, -0.05) is 54.6 Å². The Morgan fingerprint density at radius 2 is 1.74 bits per heavy atom. The zero-order valence-corrected chi connectivity index (χ0v) is 34.1. The lowest BCUT2D eigenvalue weighted by molar-refractivity contribution is -0.141. The Balaban J connectivity index is 1.12. The van der Waals surface area contributed by atoms with Crippen LogP contribution < -0.4 is 20.1 Å². The summed E-state index contributed by atoms with van der Waals surface area (Å²) >= 11 is 0. The minimum absolute atomic E-state index is 0.00862. The average Bonchev–Trinajstić information content (AvgIpc) is 4.09. The molecule has 58 heavy (non-hydrogen) atoms. The molecule has 5 atom stereocenters. The first-order valence-corrected chi connectivity index (χ1v) is 22.0. The summed E-state index contributed by atoms with van der Waals surface area (Å²) in [5.41, 5.74) is -0.424. The van der Waals surface area contributed by atoms with Crippen molar-refractivity contribution < 1.29 is 37.1 Å². The van der Waals surface area contributed by atoms with E-state index in [1.165, 1.54) is 4.90 Å². The van der Waals surface area contributed by atoms with Crippen molar-refractivity contribution >= 4 is 44.7 Å². The molecule has 8 rings (SSSR count). The van der Waals surface area contributed by atoms with Gasteiger partial charge in [0.15, 0.2) is 0 Å². The minimum atomic E-state index is -3.90. The number of benzene rings is 2. The van der Waals surface area contributed by atoms with Crippen molar-refractivity contribution in [3.05, 3.63) is 72.3 Å². The van der Waals surface area contributed by atoms with Crippen LogP contribution in [0.25, 0.3) is 10.9 Å². The van der Waals surface area contributed by atoms with Gasteiger partial charge in [-0.05, 0) is 90.0 Å². The Bertz CT molecular complexity index is 2200. The third-order valence-electron chi connectivity index (χ3n) is 11.5. The molecule has 3 N–H and O–H groups in total. The molecule has 15 nitrogen and oxygen atoms in total. The number of para-hydroxylation sites is 1. The van der Waals surface area contributed by atoms with E-state index in [2.05, 4.69) is 20.3 Å². The molecule has 0 spiro atoms. The zero-order chi connectivity index (χ0) is 40.8. The number of nitrogens with zero attached hydrogens (tertiary/aromatic N) is 4. The number of amides is 4. The number of carbonyl (C=O) groups is 4. The SMILES string of the molecule is CC(C)(C)OC(=O)N[C@H]1CN(C2CC2)CCC/C=C\C2C[C@@]2(C(=O)NS(=O)(=O)C2CC2)NC(=O)[C@@H]2C[C@@H](Oc3nn(Cc4ccccc4)c4ccccc34)CN2C1=O. The zero-order valence-electron chi connectivity index (χ0n) is 33.3. The molecule has 3 aliphatic carbocycles. The van der Waals surface area contributed by atoms with Gasteiger partial charge in [-0.3, -0.25) is 28.7 Å². The largest absolute Gasteiger partial charge is 0.471 e. The number of hydrogen-bond acceptors (Lipinski definition) is 10. The number of rotatable bonds is 9. The molecule has 2 aliphatic heterocycles. The first-order valence-electron chi connectivity index (χ1n) is 20.4. The lowest BCUT2D eigenvalue weighted by atomic mass is 10.1. The van der Waals surface area contributed by atoms with Crippen molar-refractivity contribution in [3.8, 4) is 5.88 Å². The molecule has 3 aromatic rings. The normalized spacial score (nSPS) is 27.7. The van der Waals surface area contributed by atoms with Gasteiger partial charge in [-0.25, -0.2) is 13.2 Å². The number of sulfonamides is 1. The Kier molecular flexibility index (Phi) is 10.8. The lowest BCUT2D eigenvalue weighted by Gasteiger charge is -2.33. The predicted octanol–water partition coefficient (Wildman–Crippen LogP) is 3.62. The molecule has 1 saturated heterocycles. The van der Waals surface area contributed by atoms with E-state index >= 15 is 0 Å². The van der Waals surface area contributed by atoms with Crippen molar-refractivity contribution in [1.82, 2.24) is 34.9 Å². The summed E-state index contributed by atoms with van der Waals surface area (Å²) in [7, 11) is -3.90. The van der Waals surface area contributed by atoms with Crippen LogP contribution in [0.15, 0.2) is 66.7 Å². The fraction of sp³-hybridized carbons (Fsp3) is 0.548. The summed E-state index contributed by atoms with van der Waals surface area (Å²) in [6.07, 6.45) is 7.01. The molecule has 310 valence electrons. The van der Waals surface area contributed by atoms with Gasteiger partial charge in [-0.2, -0.15) is 0 Å². The fourth-order valence-electron chi connectivity index (χ4n) is 8.17. The van der Waals surface area contributed by atoms with Gasteiger partial charge in [0, 0.05) is 24.9 Å². The molecule has 1 aromatic heterocycles. The van der Waals surface area contributed by atoms with E-state index in [1.807, 2.05) is 71.4 Å². The number of hydrogen-bond donors (Lipinski definition) is 3. The van der Waals surface area contributed by atoms with E-state index in [0.29, 0.717) is 38.2 Å². The molecule has 3 heterocycles. The first-order chi connectivity index (χ1) is 27.7. The summed E-state index contributed by atoms with van der Waals surface area (Å²) < 4.78 is 42.2. The van der Waals surface area contributed by atoms with Gasteiger partial charge < -0.3 is 25.0 Å². The number of ether oxygens (including phenoxy) is 2. The maximum atomic E-state index is 14.9. The van der Waals surface area contributed by atoms with Crippen LogP contribution >= 0.6 is 0 Å². The Hall–Kier alpha value is -4.96. The molecule has 1 unspecified atom stereocenters. The number of nitrogens with one attached hydrogen (secondary N) is 3. The second kappa shape index (κ2) is 15.7. The van der Waals surface area contributed by atoms with E-state index in [4.69, 9.17) is 14.6 Å². The molecule has 2 aromatic carbocycles. The average molecular weight is 816 g/mol. The van der Waals surface area contributed by atoms with Gasteiger partial charge >= 0.3 is 6.09 Å². The summed E-state index contributed by atoms with van der Waals surface area (Å²) in [5.74, 6) is -1.97. The molecule has 0 radical (unpaired) electrons. The molecular weight excluding hydrogens is 763 g/mol. The summed E-state index contributed by atoms with van der Waals surface area (Å²) in [4.78, 5) is 60.3. The number of fused-ring (bicyclic) bond motifs is 3. The fourth-order valence-corrected chi connectivity index (χ4v) is 9.53. The Morgan fingerprint density at radius 3 is 2.47 bits per heavy atom. The summed E-state index contributed by atoms with van der Waals surface area (Å²) in [6.45, 7) is 6.60. The van der Waals surface area contributed by atoms with Gasteiger partial charge in [-0.15, -0.1) is 5.10 Å². The van der Waals surface area contributed by atoms with Crippen LogP contribution in [0.4, 0.5) is 4.79 Å². The smallest absolute Gasteiger partial charge is 0.408 e. The van der Waals surface area contributed by atoms with Crippen LogP contribution in [0.1, 0.15) is 77.7 Å². The molecule has 16 heteroatoms. The number of alkyl carbamates (subject to hydrolysis) is 1. The van der Waals surface area contributed by atoms with Crippen molar-refractivity contribution in [2.24, 2.45) is 5.92 Å². The summed E-state index contributed by atoms with van der Waals surface area (Å²) in [6, 6.07) is 15.7. The lowest BCUT2D eigenvalue weighted by Crippen LogP contribution is -2.60. The van der Waals surface area contributed by atoms with E-state index in [1.54, 1.807) is 20.8 Å². The highest BCUT2D eigenvalue weighted by Crippen LogP contribution is 2.46. The van der Waals surface area contributed by atoms with E-state index < -0.39 is 74.3 Å². The topological polar surface area (TPSA) is 181 Å². The van der Waals surface area contributed by atoms with E-state index in [9.17, 15) is 27.6 Å². The maximum Gasteiger partial charge on any atom is 0.408 e. The second-order valence-electron chi connectivity index (χ2n) is 17.4. The van der Waals surface area contributed by atoms with E-state index in [-0.39, 0.29) is 32.0 Å². The second-order valence-corrected chi connectivity index (χ2v) is 19.4. The van der Waals surface area contributed by atoms with Crippen molar-refractivity contribution in [2.75, 3.05) is 19.6 Å². The monoisotopic (exact) mass is 815 g/mol. The van der Waals surface area contributed by atoms with Crippen LogP contribution in [0.5, 0.6) is 5.88 Å². The number of allylic oxidation sites excluding steroid dienone is 1. The van der Waals surface area contributed by atoms with Crippen molar-refractivity contribution in [2.45, 2.75) is 119 Å². The minimum Gasteiger partial charge on any atom is -0.471 e. The van der Waals surface area contributed by atoms with Crippen molar-refractivity contribution in [1.29, 1.82) is 0 Å². The van der Waals surface area contributed by atoms with Crippen LogP contribution in [-0.4, -0.2) is 112 Å². The third-order valence-corrected chi connectivity index (χ3v) is 13.4. The van der Waals surface area contributed by atoms with Gasteiger partial charge in [0.05, 0.1) is 29.2 Å². The van der Waals surface area contributed by atoms with E-state index in [0.717, 1.165) is 35.7 Å². The van der Waals surface area contributed by atoms with Crippen LogP contribution in [0, 0.1) is 5.92 Å². The third kappa shape index (κ3) is 8.87. The molecule has 4 amide bonds. The predicted molar refractivity (Wildman–Crippen MR) is 215 cm³/mol. The number of aromatic nitrogens is 2. The quantitative estimate of drug-likeness (QED) is 0.270. The van der Waals surface area contributed by atoms with Gasteiger partial charge in [0.25, 0.3) is 5.91 Å². The number of carbonyl (C=O) groups excluding carboxylic acids is 4. The van der Waals surface area contributed by atoms with Gasteiger partial charge in [0.1, 0.15) is 29.3 Å². The van der Waals surface area contributed by atoms with Crippen LogP contribution in [0.2, 0.25) is 0 Å². The standard InChI is InChI=1S/C42H53N7O8S/c1-41(2,3)57-40(53)43-33-26-47(29-17-18-29)21-11-5-8-14-28-23-42(28,39(52)46-58(54,55)31-19-20-31)44-36(50)35-22-30(25-48(35)38(33)51)56-37-32-15-9-10-16-34(32)49(45-37)24-27-12-6-4-7-13-27/h4,6-10,12-16,28-31,33,35H,5,11,17-26H2,1-3H3,(H,43,53)(H,44,50)(H,46,52)/b14-8-/t28?,30-,33+,35+,42-/m1/s1. The highest BCUT2D eigenvalue weighted by molar-refractivity contribution is 7.91. The summed E-state index contributed by atoms with van der Waals surface area (Å²) in [5, 5.41) is 10.7. The highest BCUT2D eigenvalue weighted by Gasteiger charge is 2.62. The molecular formula is C42H53N7O8S. The first kappa shape index (κ1) is 39.8. The molecule has 0 bridgehead atoms. The van der Waals surface area contributed by atoms with Crippen LogP contribution in [-0.2, 0) is 35.7 Å². The molecule has 3 saturated carbocycles. The molecule has 5 aliphatic rings. The van der Waals surface area contributed by atoms with Crippen LogP contribution in [0.3, 0.4) is 0 Å². The highest BCUT2D eigenvalue weighted by atomic mass is 32.2. The van der Waals surface area contributed by atoms with Gasteiger partial charge in [0.2, 0.25) is 27.7 Å². The Morgan fingerprint density at radius 1 is 1.00 bits per heavy atom. The van der Waals surface area contributed by atoms with Crippen molar-refractivity contribution in [3.63, 3.8) is 0 Å². The molecule has 4 fully saturated rings.